The maximum Gasteiger partial charge on any atom is 0.249 e. The summed E-state index contributed by atoms with van der Waals surface area (Å²) in [6.07, 6.45) is 3.81. The summed E-state index contributed by atoms with van der Waals surface area (Å²) in [7, 11) is 1.65. The number of hydrogen-bond donors (Lipinski definition) is 2. The van der Waals surface area contributed by atoms with E-state index in [1.807, 2.05) is 13.0 Å². The van der Waals surface area contributed by atoms with Gasteiger partial charge in [-0.2, -0.15) is 0 Å². The molecule has 0 unspecified atom stereocenters. The molecule has 3 heterocycles. The van der Waals surface area contributed by atoms with E-state index in [0.717, 1.165) is 52.6 Å². The van der Waals surface area contributed by atoms with Crippen molar-refractivity contribution in [2.45, 2.75) is 25.7 Å². The van der Waals surface area contributed by atoms with E-state index in [9.17, 15) is 4.79 Å². The minimum Gasteiger partial charge on any atom is -0.494 e. The van der Waals surface area contributed by atoms with Gasteiger partial charge in [-0.05, 0) is 56.5 Å². The van der Waals surface area contributed by atoms with Crippen LogP contribution in [0.15, 0.2) is 24.4 Å². The van der Waals surface area contributed by atoms with Gasteiger partial charge in [0.2, 0.25) is 5.91 Å². The van der Waals surface area contributed by atoms with Crippen LogP contribution in [0, 0.1) is 6.92 Å². The number of methoxy groups -OCH3 is 1. The summed E-state index contributed by atoms with van der Waals surface area (Å²) < 4.78 is 6.67. The zero-order valence-corrected chi connectivity index (χ0v) is 16.2. The van der Waals surface area contributed by atoms with Crippen LogP contribution in [0.2, 0.25) is 0 Å². The minimum absolute atomic E-state index is 0.448. The Labute approximate surface area is 161 Å². The molecule has 1 fully saturated rings. The average Bonchev–Trinajstić information content (AvgIpc) is 3.12. The van der Waals surface area contributed by atoms with E-state index in [-0.39, 0.29) is 0 Å². The van der Waals surface area contributed by atoms with Gasteiger partial charge >= 0.3 is 0 Å². The SMILES string of the molecule is COc1ccc(C2CCNCC2)c2sc(-c3c(C(N)=O)ccnc3C)nc12. The van der Waals surface area contributed by atoms with Gasteiger partial charge in [-0.15, -0.1) is 11.3 Å². The third-order valence-electron chi connectivity index (χ3n) is 5.16. The first kappa shape index (κ1) is 17.9. The molecule has 0 radical (unpaired) electrons. The molecule has 0 atom stereocenters. The number of hydrogen-bond acceptors (Lipinski definition) is 6. The van der Waals surface area contributed by atoms with E-state index in [2.05, 4.69) is 16.4 Å². The van der Waals surface area contributed by atoms with Crippen molar-refractivity contribution in [3.63, 3.8) is 0 Å². The smallest absolute Gasteiger partial charge is 0.249 e. The topological polar surface area (TPSA) is 90.1 Å². The number of nitrogens with zero attached hydrogens (tertiary/aromatic N) is 2. The maximum atomic E-state index is 11.9. The third-order valence-corrected chi connectivity index (χ3v) is 6.28. The number of rotatable bonds is 4. The molecular weight excluding hydrogens is 360 g/mol. The van der Waals surface area contributed by atoms with Crippen molar-refractivity contribution in [2.75, 3.05) is 20.2 Å². The van der Waals surface area contributed by atoms with E-state index >= 15 is 0 Å². The zero-order chi connectivity index (χ0) is 19.0. The number of carbonyl (C=O) groups excluding carboxylic acids is 1. The molecule has 1 aliphatic rings. The van der Waals surface area contributed by atoms with Crippen molar-refractivity contribution in [3.05, 3.63) is 41.2 Å². The first-order valence-electron chi connectivity index (χ1n) is 9.04. The fourth-order valence-electron chi connectivity index (χ4n) is 3.77. The van der Waals surface area contributed by atoms with E-state index in [4.69, 9.17) is 15.5 Å². The van der Waals surface area contributed by atoms with Crippen molar-refractivity contribution in [1.29, 1.82) is 0 Å². The highest BCUT2D eigenvalue weighted by Gasteiger charge is 2.23. The van der Waals surface area contributed by atoms with Crippen LogP contribution in [0.25, 0.3) is 20.8 Å². The molecule has 7 heteroatoms. The molecule has 3 aromatic rings. The second-order valence-electron chi connectivity index (χ2n) is 6.76. The van der Waals surface area contributed by atoms with Crippen molar-refractivity contribution >= 4 is 27.5 Å². The van der Waals surface area contributed by atoms with Crippen molar-refractivity contribution < 1.29 is 9.53 Å². The van der Waals surface area contributed by atoms with Gasteiger partial charge in [-0.1, -0.05) is 6.07 Å². The Bertz CT molecular complexity index is 1010. The first-order chi connectivity index (χ1) is 13.1. The van der Waals surface area contributed by atoms with Crippen molar-refractivity contribution in [2.24, 2.45) is 5.73 Å². The van der Waals surface area contributed by atoms with Gasteiger partial charge < -0.3 is 15.8 Å². The highest BCUT2D eigenvalue weighted by atomic mass is 32.1. The fourth-order valence-corrected chi connectivity index (χ4v) is 5.06. The molecule has 27 heavy (non-hydrogen) atoms. The highest BCUT2D eigenvalue weighted by Crippen LogP contribution is 2.42. The van der Waals surface area contributed by atoms with Crippen LogP contribution in [0.4, 0.5) is 0 Å². The standard InChI is InChI=1S/C20H22N4O2S/c1-11-16(14(19(21)25)7-10-23-11)20-24-17-15(26-2)4-3-13(18(17)27-20)12-5-8-22-9-6-12/h3-4,7,10,12,22H,5-6,8-9H2,1-2H3,(H2,21,25). The number of benzene rings is 1. The first-order valence-corrected chi connectivity index (χ1v) is 9.85. The lowest BCUT2D eigenvalue weighted by atomic mass is 9.90. The van der Waals surface area contributed by atoms with Gasteiger partial charge in [0.25, 0.3) is 0 Å². The lowest BCUT2D eigenvalue weighted by Gasteiger charge is -2.23. The number of ether oxygens (including phenoxy) is 1. The number of aryl methyl sites for hydroxylation is 1. The summed E-state index contributed by atoms with van der Waals surface area (Å²) >= 11 is 1.59. The number of primary amides is 1. The number of piperidine rings is 1. The molecule has 0 saturated carbocycles. The van der Waals surface area contributed by atoms with Gasteiger partial charge in [-0.25, -0.2) is 4.98 Å². The number of carbonyl (C=O) groups is 1. The average molecular weight is 382 g/mol. The van der Waals surface area contributed by atoms with Crippen LogP contribution < -0.4 is 15.8 Å². The molecule has 4 rings (SSSR count). The normalized spacial score (nSPS) is 15.2. The second kappa shape index (κ2) is 7.25. The molecule has 2 aromatic heterocycles. The summed E-state index contributed by atoms with van der Waals surface area (Å²) in [6, 6.07) is 5.81. The Morgan fingerprint density at radius 3 is 2.78 bits per heavy atom. The molecule has 1 aliphatic heterocycles. The molecule has 140 valence electrons. The predicted octanol–water partition coefficient (Wildman–Crippen LogP) is 3.24. The van der Waals surface area contributed by atoms with E-state index < -0.39 is 5.91 Å². The molecule has 1 aromatic carbocycles. The quantitative estimate of drug-likeness (QED) is 0.723. The summed E-state index contributed by atoms with van der Waals surface area (Å²) in [5.41, 5.74) is 9.64. The lowest BCUT2D eigenvalue weighted by Crippen LogP contribution is -2.26. The number of nitrogens with one attached hydrogen (secondary N) is 1. The number of thiazole rings is 1. The molecular formula is C20H22N4O2S. The third kappa shape index (κ3) is 3.17. The monoisotopic (exact) mass is 382 g/mol. The zero-order valence-electron chi connectivity index (χ0n) is 15.4. The number of nitrogens with two attached hydrogens (primary N) is 1. The summed E-state index contributed by atoms with van der Waals surface area (Å²) in [4.78, 5) is 21.1. The van der Waals surface area contributed by atoms with E-state index in [1.165, 1.54) is 5.56 Å². The van der Waals surface area contributed by atoms with Crippen LogP contribution in [-0.4, -0.2) is 36.1 Å². The number of amides is 1. The van der Waals surface area contributed by atoms with E-state index in [0.29, 0.717) is 17.0 Å². The minimum atomic E-state index is -0.472. The molecule has 0 aliphatic carbocycles. The van der Waals surface area contributed by atoms with Gasteiger partial charge in [0, 0.05) is 17.5 Å². The number of aromatic nitrogens is 2. The van der Waals surface area contributed by atoms with Crippen LogP contribution >= 0.6 is 11.3 Å². The van der Waals surface area contributed by atoms with Gasteiger partial charge in [0.05, 0.1) is 17.4 Å². The molecule has 0 spiro atoms. The van der Waals surface area contributed by atoms with Gasteiger partial charge in [0.1, 0.15) is 16.3 Å². The Kier molecular flexibility index (Phi) is 4.80. The summed E-state index contributed by atoms with van der Waals surface area (Å²) in [5, 5.41) is 4.17. The Balaban J connectivity index is 1.93. The molecule has 1 saturated heterocycles. The number of fused-ring (bicyclic) bond motifs is 1. The fraction of sp³-hybridized carbons (Fsp3) is 0.350. The lowest BCUT2D eigenvalue weighted by molar-refractivity contribution is 0.100. The van der Waals surface area contributed by atoms with Crippen molar-refractivity contribution in [1.82, 2.24) is 15.3 Å². The molecule has 6 nitrogen and oxygen atoms in total. The molecule has 1 amide bonds. The molecule has 0 bridgehead atoms. The van der Waals surface area contributed by atoms with Crippen LogP contribution in [0.3, 0.4) is 0 Å². The van der Waals surface area contributed by atoms with Crippen molar-refractivity contribution in [3.8, 4) is 16.3 Å². The largest absolute Gasteiger partial charge is 0.494 e. The Morgan fingerprint density at radius 1 is 1.30 bits per heavy atom. The van der Waals surface area contributed by atoms with Crippen LogP contribution in [0.1, 0.15) is 40.4 Å². The van der Waals surface area contributed by atoms with Gasteiger partial charge in [0.15, 0.2) is 0 Å². The Morgan fingerprint density at radius 2 is 2.07 bits per heavy atom. The second-order valence-corrected chi connectivity index (χ2v) is 7.76. The summed E-state index contributed by atoms with van der Waals surface area (Å²) in [5.74, 6) is 0.770. The highest BCUT2D eigenvalue weighted by molar-refractivity contribution is 7.22. The van der Waals surface area contributed by atoms with E-state index in [1.54, 1.807) is 30.7 Å². The number of pyridine rings is 1. The summed E-state index contributed by atoms with van der Waals surface area (Å²) in [6.45, 7) is 3.92. The van der Waals surface area contributed by atoms with Gasteiger partial charge in [-0.3, -0.25) is 9.78 Å². The molecule has 3 N–H and O–H groups in total. The van der Waals surface area contributed by atoms with Crippen LogP contribution in [-0.2, 0) is 0 Å². The Hall–Kier alpha value is -2.51. The van der Waals surface area contributed by atoms with Crippen LogP contribution in [0.5, 0.6) is 5.75 Å². The predicted molar refractivity (Wildman–Crippen MR) is 108 cm³/mol. The maximum absolute atomic E-state index is 11.9.